The highest BCUT2D eigenvalue weighted by molar-refractivity contribution is 5.74. The minimum absolute atomic E-state index is 0.357. The van der Waals surface area contributed by atoms with Crippen LogP contribution in [-0.2, 0) is 12.6 Å². The Balaban J connectivity index is 1.49. The van der Waals surface area contributed by atoms with E-state index < -0.39 is 11.7 Å². The van der Waals surface area contributed by atoms with E-state index in [9.17, 15) is 13.2 Å². The summed E-state index contributed by atoms with van der Waals surface area (Å²) in [6.07, 6.45) is 3.25. The number of fused-ring (bicyclic) bond motifs is 2. The Hall–Kier alpha value is -3.12. The number of rotatable bonds is 5. The van der Waals surface area contributed by atoms with Gasteiger partial charge in [0.1, 0.15) is 0 Å². The third kappa shape index (κ3) is 5.33. The van der Waals surface area contributed by atoms with Crippen LogP contribution in [0.3, 0.4) is 0 Å². The van der Waals surface area contributed by atoms with Crippen molar-refractivity contribution in [3.05, 3.63) is 90.2 Å². The van der Waals surface area contributed by atoms with E-state index in [0.29, 0.717) is 6.04 Å². The molecule has 0 radical (unpaired) electrons. The van der Waals surface area contributed by atoms with Crippen molar-refractivity contribution >= 4 is 11.9 Å². The molecule has 3 nitrogen and oxygen atoms in total. The third-order valence-electron chi connectivity index (χ3n) is 6.57. The van der Waals surface area contributed by atoms with E-state index in [0.717, 1.165) is 79.2 Å². The van der Waals surface area contributed by atoms with Gasteiger partial charge in [-0.05, 0) is 60.7 Å². The lowest BCUT2D eigenvalue weighted by Gasteiger charge is -2.42. The molecule has 1 saturated heterocycles. The molecule has 2 aliphatic heterocycles. The number of piperazine rings is 1. The van der Waals surface area contributed by atoms with Gasteiger partial charge >= 0.3 is 6.18 Å². The molecule has 0 amide bonds. The Morgan fingerprint density at radius 3 is 2.56 bits per heavy atom. The largest absolute Gasteiger partial charge is 0.416 e. The predicted molar refractivity (Wildman–Crippen MR) is 134 cm³/mol. The number of aliphatic imine (C=N–C) groups is 1. The van der Waals surface area contributed by atoms with Gasteiger partial charge in [0.15, 0.2) is 0 Å². The van der Waals surface area contributed by atoms with E-state index in [1.54, 1.807) is 6.21 Å². The Morgan fingerprint density at radius 2 is 1.85 bits per heavy atom. The van der Waals surface area contributed by atoms with E-state index in [-0.39, 0.29) is 0 Å². The lowest BCUT2D eigenvalue weighted by Crippen LogP contribution is -2.51. The van der Waals surface area contributed by atoms with Gasteiger partial charge in [-0.3, -0.25) is 9.89 Å². The molecule has 0 N–H and O–H groups in total. The molecular formula is C28H30F3N3. The molecule has 178 valence electrons. The Kier molecular flexibility index (Phi) is 7.08. The monoisotopic (exact) mass is 465 g/mol. The SMILES string of the molecule is C=C(CN1CCN2C(=C)c3cc(-c4ccc(C(F)(F)F)cc4)ccc3CCC2C1)/N=C\C=C/C. The van der Waals surface area contributed by atoms with Crippen molar-refractivity contribution in [2.75, 3.05) is 26.2 Å². The van der Waals surface area contributed by atoms with E-state index in [1.807, 2.05) is 25.1 Å². The third-order valence-corrected chi connectivity index (χ3v) is 6.57. The van der Waals surface area contributed by atoms with Crippen LogP contribution >= 0.6 is 0 Å². The second-order valence-corrected chi connectivity index (χ2v) is 8.88. The molecule has 4 rings (SSSR count). The first-order valence-electron chi connectivity index (χ1n) is 11.6. The average Bonchev–Trinajstić information content (AvgIpc) is 2.95. The van der Waals surface area contributed by atoms with Gasteiger partial charge in [0.2, 0.25) is 0 Å². The number of aryl methyl sites for hydroxylation is 1. The van der Waals surface area contributed by atoms with Crippen LogP contribution in [0.1, 0.15) is 30.0 Å². The summed E-state index contributed by atoms with van der Waals surface area (Å²) in [5.41, 5.74) is 5.22. The highest BCUT2D eigenvalue weighted by Gasteiger charge is 2.32. The summed E-state index contributed by atoms with van der Waals surface area (Å²) >= 11 is 0. The van der Waals surface area contributed by atoms with Gasteiger partial charge in [-0.1, -0.05) is 43.5 Å². The Bertz CT molecular complexity index is 1110. The fourth-order valence-corrected chi connectivity index (χ4v) is 4.77. The molecule has 1 atom stereocenters. The summed E-state index contributed by atoms with van der Waals surface area (Å²) in [6, 6.07) is 11.9. The Morgan fingerprint density at radius 1 is 1.12 bits per heavy atom. The number of halogens is 3. The van der Waals surface area contributed by atoms with Gasteiger partial charge < -0.3 is 4.90 Å². The summed E-state index contributed by atoms with van der Waals surface area (Å²) in [4.78, 5) is 9.18. The lowest BCUT2D eigenvalue weighted by molar-refractivity contribution is -0.137. The maximum Gasteiger partial charge on any atom is 0.416 e. The van der Waals surface area contributed by atoms with Crippen molar-refractivity contribution in [1.29, 1.82) is 0 Å². The van der Waals surface area contributed by atoms with Crippen molar-refractivity contribution in [2.24, 2.45) is 4.99 Å². The molecule has 0 spiro atoms. The standard InChI is InChI=1S/C28H30F3N3/c1-4-5-14-32-20(2)18-33-15-16-34-21(3)27-17-24(7-6-23(27)10-13-26(34)19-33)22-8-11-25(12-9-22)28(29,30)31/h4-9,11-12,14,17,26H,2-3,10,13,15-16,18-19H2,1H3/b5-4-,32-14-. The maximum atomic E-state index is 12.9. The van der Waals surface area contributed by atoms with Crippen molar-refractivity contribution in [2.45, 2.75) is 32.0 Å². The van der Waals surface area contributed by atoms with Gasteiger partial charge in [0.25, 0.3) is 0 Å². The van der Waals surface area contributed by atoms with Crippen LogP contribution < -0.4 is 0 Å². The number of hydrogen-bond acceptors (Lipinski definition) is 3. The van der Waals surface area contributed by atoms with Crippen LogP contribution in [0.2, 0.25) is 0 Å². The van der Waals surface area contributed by atoms with Gasteiger partial charge in [-0.25, -0.2) is 0 Å². The van der Waals surface area contributed by atoms with E-state index in [4.69, 9.17) is 0 Å². The van der Waals surface area contributed by atoms with Crippen LogP contribution in [-0.4, -0.2) is 48.2 Å². The first kappa shape index (κ1) is 24.0. The minimum Gasteiger partial charge on any atom is -0.366 e. The summed E-state index contributed by atoms with van der Waals surface area (Å²) in [5.74, 6) is 0. The highest BCUT2D eigenvalue weighted by Crippen LogP contribution is 2.36. The number of benzene rings is 2. The molecule has 0 aliphatic carbocycles. The molecule has 2 aromatic carbocycles. The van der Waals surface area contributed by atoms with Crippen molar-refractivity contribution in [3.8, 4) is 11.1 Å². The normalized spacial score (nSPS) is 19.4. The number of nitrogens with zero attached hydrogens (tertiary/aromatic N) is 3. The molecule has 0 aromatic heterocycles. The lowest BCUT2D eigenvalue weighted by atomic mass is 9.95. The molecule has 0 bridgehead atoms. The average molecular weight is 466 g/mol. The van der Waals surface area contributed by atoms with Crippen LogP contribution in [0.5, 0.6) is 0 Å². The van der Waals surface area contributed by atoms with Crippen LogP contribution in [0.25, 0.3) is 16.8 Å². The molecule has 6 heteroatoms. The molecule has 2 heterocycles. The fraction of sp³-hybridized carbons (Fsp3) is 0.321. The zero-order valence-corrected chi connectivity index (χ0v) is 19.5. The topological polar surface area (TPSA) is 18.8 Å². The summed E-state index contributed by atoms with van der Waals surface area (Å²) in [6.45, 7) is 13.9. The first-order valence-corrected chi connectivity index (χ1v) is 11.6. The zero-order valence-electron chi connectivity index (χ0n) is 19.5. The smallest absolute Gasteiger partial charge is 0.366 e. The minimum atomic E-state index is -4.33. The van der Waals surface area contributed by atoms with Crippen molar-refractivity contribution in [1.82, 2.24) is 9.80 Å². The summed E-state index contributed by atoms with van der Waals surface area (Å²) < 4.78 is 38.8. The second-order valence-electron chi connectivity index (χ2n) is 8.88. The number of allylic oxidation sites excluding steroid dienone is 2. The van der Waals surface area contributed by atoms with Crippen molar-refractivity contribution < 1.29 is 13.2 Å². The molecule has 2 aliphatic rings. The molecule has 1 fully saturated rings. The molecular weight excluding hydrogens is 435 g/mol. The van der Waals surface area contributed by atoms with Crippen LogP contribution in [0.15, 0.2) is 78.5 Å². The second kappa shape index (κ2) is 10.0. The fourth-order valence-electron chi connectivity index (χ4n) is 4.77. The van der Waals surface area contributed by atoms with Gasteiger partial charge in [-0.15, -0.1) is 0 Å². The van der Waals surface area contributed by atoms with Crippen molar-refractivity contribution in [3.63, 3.8) is 0 Å². The Labute approximate surface area is 199 Å². The predicted octanol–water partition coefficient (Wildman–Crippen LogP) is 6.44. The van der Waals surface area contributed by atoms with E-state index in [2.05, 4.69) is 40.1 Å². The van der Waals surface area contributed by atoms with Gasteiger partial charge in [0, 0.05) is 55.4 Å². The van der Waals surface area contributed by atoms with Gasteiger partial charge in [0.05, 0.1) is 5.56 Å². The van der Waals surface area contributed by atoms with E-state index in [1.165, 1.54) is 17.7 Å². The zero-order chi connectivity index (χ0) is 24.3. The van der Waals surface area contributed by atoms with E-state index >= 15 is 0 Å². The molecule has 34 heavy (non-hydrogen) atoms. The van der Waals surface area contributed by atoms with Gasteiger partial charge in [-0.2, -0.15) is 13.2 Å². The molecule has 0 saturated carbocycles. The van der Waals surface area contributed by atoms with Crippen LogP contribution in [0, 0.1) is 0 Å². The number of alkyl halides is 3. The maximum absolute atomic E-state index is 12.9. The quantitative estimate of drug-likeness (QED) is 0.474. The molecule has 2 aromatic rings. The summed E-state index contributed by atoms with van der Waals surface area (Å²) in [7, 11) is 0. The summed E-state index contributed by atoms with van der Waals surface area (Å²) in [5, 5.41) is 0. The number of hydrogen-bond donors (Lipinski definition) is 0. The molecule has 1 unspecified atom stereocenters. The first-order chi connectivity index (χ1) is 16.3. The highest BCUT2D eigenvalue weighted by atomic mass is 19.4. The van der Waals surface area contributed by atoms with Crippen LogP contribution in [0.4, 0.5) is 13.2 Å².